The van der Waals surface area contributed by atoms with Crippen molar-refractivity contribution in [2.45, 2.75) is 72.6 Å². The van der Waals surface area contributed by atoms with E-state index < -0.39 is 5.97 Å². The van der Waals surface area contributed by atoms with Crippen LogP contribution in [-0.2, 0) is 24.5 Å². The van der Waals surface area contributed by atoms with E-state index in [1.54, 1.807) is 11.6 Å². The zero-order chi connectivity index (χ0) is 25.3. The number of benzene rings is 1. The zero-order valence-corrected chi connectivity index (χ0v) is 21.3. The average Bonchev–Trinajstić information content (AvgIpc) is 3.19. The Morgan fingerprint density at radius 1 is 1.12 bits per heavy atom. The van der Waals surface area contributed by atoms with Crippen LogP contribution in [0.5, 0.6) is 0 Å². The molecule has 8 nitrogen and oxygen atoms in total. The van der Waals surface area contributed by atoms with Crippen molar-refractivity contribution in [3.05, 3.63) is 41.6 Å². The van der Waals surface area contributed by atoms with E-state index in [4.69, 9.17) is 9.84 Å². The van der Waals surface area contributed by atoms with Gasteiger partial charge in [-0.05, 0) is 31.9 Å². The molecule has 34 heavy (non-hydrogen) atoms. The zero-order valence-electron chi connectivity index (χ0n) is 21.3. The number of para-hydroxylation sites is 1. The number of rotatable bonds is 11. The van der Waals surface area contributed by atoms with E-state index in [1.165, 1.54) is 4.90 Å². The molecule has 0 fully saturated rings. The van der Waals surface area contributed by atoms with E-state index in [0.29, 0.717) is 12.4 Å². The molecule has 0 saturated carbocycles. The Bertz CT molecular complexity index is 991. The minimum atomic E-state index is -0.410. The number of nitrogens with zero attached hydrogens (tertiary/aromatic N) is 3. The summed E-state index contributed by atoms with van der Waals surface area (Å²) >= 11 is 0. The summed E-state index contributed by atoms with van der Waals surface area (Å²) in [6.07, 6.45) is 1.68. The fourth-order valence-electron chi connectivity index (χ4n) is 3.42. The molecule has 2 aromatic rings. The number of anilines is 1. The van der Waals surface area contributed by atoms with Gasteiger partial charge in [0.15, 0.2) is 0 Å². The lowest BCUT2D eigenvalue weighted by molar-refractivity contribution is -0.145. The van der Waals surface area contributed by atoms with Gasteiger partial charge in [-0.2, -0.15) is 5.10 Å². The lowest BCUT2D eigenvalue weighted by Gasteiger charge is -2.22. The fraction of sp³-hybridized carbons (Fsp3) is 0.538. The minimum absolute atomic E-state index is 0.00587. The molecule has 1 aromatic heterocycles. The first-order valence-corrected chi connectivity index (χ1v) is 12.0. The van der Waals surface area contributed by atoms with E-state index in [0.717, 1.165) is 29.8 Å². The van der Waals surface area contributed by atoms with E-state index >= 15 is 0 Å². The summed E-state index contributed by atoms with van der Waals surface area (Å²) in [5.74, 6) is -0.401. The van der Waals surface area contributed by atoms with Crippen molar-refractivity contribution < 1.29 is 19.1 Å². The molecule has 0 unspecified atom stereocenters. The third-order valence-corrected chi connectivity index (χ3v) is 5.41. The monoisotopic (exact) mass is 470 g/mol. The minimum Gasteiger partial charge on any atom is -0.466 e. The van der Waals surface area contributed by atoms with Gasteiger partial charge in [-0.25, -0.2) is 4.68 Å². The number of aryl methyl sites for hydroxylation is 1. The second kappa shape index (κ2) is 12.3. The molecule has 0 radical (unpaired) electrons. The van der Waals surface area contributed by atoms with E-state index in [2.05, 4.69) is 26.1 Å². The first kappa shape index (κ1) is 27.1. The summed E-state index contributed by atoms with van der Waals surface area (Å²) in [5.41, 5.74) is 2.55. The molecule has 1 heterocycles. The third kappa shape index (κ3) is 7.71. The van der Waals surface area contributed by atoms with Crippen LogP contribution in [0.25, 0.3) is 5.69 Å². The number of carbonyl (C=O) groups excluding carboxylic acids is 3. The van der Waals surface area contributed by atoms with Crippen LogP contribution >= 0.6 is 0 Å². The van der Waals surface area contributed by atoms with Crippen LogP contribution in [0, 0.1) is 6.92 Å². The highest BCUT2D eigenvalue weighted by atomic mass is 16.5. The lowest BCUT2D eigenvalue weighted by Crippen LogP contribution is -2.39. The fourth-order valence-corrected chi connectivity index (χ4v) is 3.42. The summed E-state index contributed by atoms with van der Waals surface area (Å²) in [6, 6.07) is 9.72. The van der Waals surface area contributed by atoms with Gasteiger partial charge < -0.3 is 15.0 Å². The normalized spacial score (nSPS) is 11.2. The standard InChI is InChI=1S/C26H38N4O4/c1-7-9-16-29(24(32)14-15-25(33)34-8-2)18-23(31)27-22-17-21(26(4,5)6)28-30(22)20-13-11-10-12-19(20)3/h10-13,17H,7-9,14-16,18H2,1-6H3,(H,27,31). The van der Waals surface area contributed by atoms with Crippen LogP contribution in [-0.4, -0.2) is 52.2 Å². The van der Waals surface area contributed by atoms with Gasteiger partial charge in [-0.1, -0.05) is 52.3 Å². The Morgan fingerprint density at radius 2 is 1.82 bits per heavy atom. The molecule has 0 aliphatic rings. The Morgan fingerprint density at radius 3 is 2.44 bits per heavy atom. The van der Waals surface area contributed by atoms with Crippen LogP contribution in [0.1, 0.15) is 71.6 Å². The second-order valence-corrected chi connectivity index (χ2v) is 9.39. The molecule has 0 aliphatic carbocycles. The summed E-state index contributed by atoms with van der Waals surface area (Å²) in [6.45, 7) is 12.6. The van der Waals surface area contributed by atoms with Crippen LogP contribution in [0.15, 0.2) is 30.3 Å². The van der Waals surface area contributed by atoms with E-state index in [-0.39, 0.29) is 43.2 Å². The molecule has 0 spiro atoms. The number of amides is 2. The Balaban J connectivity index is 2.21. The number of hydrogen-bond acceptors (Lipinski definition) is 5. The van der Waals surface area contributed by atoms with Gasteiger partial charge in [0.2, 0.25) is 11.8 Å². The van der Waals surface area contributed by atoms with Gasteiger partial charge in [-0.15, -0.1) is 0 Å². The van der Waals surface area contributed by atoms with Crippen molar-refractivity contribution in [2.75, 3.05) is 25.0 Å². The van der Waals surface area contributed by atoms with Gasteiger partial charge in [0.05, 0.1) is 31.0 Å². The summed E-state index contributed by atoms with van der Waals surface area (Å²) in [5, 5.41) is 7.72. The van der Waals surface area contributed by atoms with Crippen molar-refractivity contribution in [1.29, 1.82) is 0 Å². The lowest BCUT2D eigenvalue weighted by atomic mass is 9.92. The second-order valence-electron chi connectivity index (χ2n) is 9.39. The van der Waals surface area contributed by atoms with Gasteiger partial charge in [0.1, 0.15) is 5.82 Å². The van der Waals surface area contributed by atoms with Gasteiger partial charge in [0, 0.05) is 24.4 Å². The maximum atomic E-state index is 13.0. The number of esters is 1. The van der Waals surface area contributed by atoms with Gasteiger partial charge in [-0.3, -0.25) is 14.4 Å². The Kier molecular flexibility index (Phi) is 9.83. The summed E-state index contributed by atoms with van der Waals surface area (Å²) in [7, 11) is 0. The predicted octanol–water partition coefficient (Wildman–Crippen LogP) is 4.39. The SMILES string of the molecule is CCCCN(CC(=O)Nc1cc(C(C)(C)C)nn1-c1ccccc1C)C(=O)CCC(=O)OCC. The van der Waals surface area contributed by atoms with Crippen molar-refractivity contribution in [1.82, 2.24) is 14.7 Å². The maximum absolute atomic E-state index is 13.0. The molecule has 0 saturated heterocycles. The summed E-state index contributed by atoms with van der Waals surface area (Å²) < 4.78 is 6.65. The topological polar surface area (TPSA) is 93.5 Å². The predicted molar refractivity (Wildman–Crippen MR) is 133 cm³/mol. The Hall–Kier alpha value is -3.16. The molecule has 1 aromatic carbocycles. The van der Waals surface area contributed by atoms with E-state index in [9.17, 15) is 14.4 Å². The van der Waals surface area contributed by atoms with Crippen LogP contribution in [0.3, 0.4) is 0 Å². The number of hydrogen-bond donors (Lipinski definition) is 1. The largest absolute Gasteiger partial charge is 0.466 e. The molecule has 0 bridgehead atoms. The highest BCUT2D eigenvalue weighted by Crippen LogP contribution is 2.27. The summed E-state index contributed by atoms with van der Waals surface area (Å²) in [4.78, 5) is 38.9. The number of ether oxygens (including phenoxy) is 1. The molecular weight excluding hydrogens is 432 g/mol. The highest BCUT2D eigenvalue weighted by molar-refractivity contribution is 5.94. The molecule has 2 amide bonds. The average molecular weight is 471 g/mol. The van der Waals surface area contributed by atoms with Gasteiger partial charge >= 0.3 is 5.97 Å². The van der Waals surface area contributed by atoms with Crippen molar-refractivity contribution >= 4 is 23.6 Å². The number of unbranched alkanes of at least 4 members (excludes halogenated alkanes) is 1. The maximum Gasteiger partial charge on any atom is 0.306 e. The molecule has 0 atom stereocenters. The number of nitrogens with one attached hydrogen (secondary N) is 1. The quantitative estimate of drug-likeness (QED) is 0.492. The molecule has 8 heteroatoms. The molecule has 2 rings (SSSR count). The molecule has 1 N–H and O–H groups in total. The van der Waals surface area contributed by atoms with Crippen LogP contribution in [0.4, 0.5) is 5.82 Å². The number of aromatic nitrogens is 2. The van der Waals surface area contributed by atoms with Crippen molar-refractivity contribution in [2.24, 2.45) is 0 Å². The van der Waals surface area contributed by atoms with Crippen molar-refractivity contribution in [3.63, 3.8) is 0 Å². The number of carbonyl (C=O) groups is 3. The highest BCUT2D eigenvalue weighted by Gasteiger charge is 2.23. The third-order valence-electron chi connectivity index (χ3n) is 5.41. The van der Waals surface area contributed by atoms with Crippen LogP contribution < -0.4 is 5.32 Å². The Labute approximate surface area is 202 Å². The smallest absolute Gasteiger partial charge is 0.306 e. The van der Waals surface area contributed by atoms with Gasteiger partial charge in [0.25, 0.3) is 0 Å². The molecule has 0 aliphatic heterocycles. The van der Waals surface area contributed by atoms with Crippen LogP contribution in [0.2, 0.25) is 0 Å². The van der Waals surface area contributed by atoms with E-state index in [1.807, 2.05) is 44.2 Å². The first-order valence-electron chi connectivity index (χ1n) is 12.0. The molecule has 186 valence electrons. The molecular formula is C26H38N4O4. The van der Waals surface area contributed by atoms with Crippen molar-refractivity contribution in [3.8, 4) is 5.69 Å². The first-order chi connectivity index (χ1) is 16.1.